The Bertz CT molecular complexity index is 587. The molecule has 0 unspecified atom stereocenters. The Labute approximate surface area is 157 Å². The Balaban J connectivity index is 1.78. The van der Waals surface area contributed by atoms with E-state index in [2.05, 4.69) is 27.7 Å². The van der Waals surface area contributed by atoms with E-state index in [-0.39, 0.29) is 22.9 Å². The van der Waals surface area contributed by atoms with Crippen LogP contribution in [0.2, 0.25) is 0 Å². The van der Waals surface area contributed by atoms with Gasteiger partial charge < -0.3 is 0 Å². The Hall–Kier alpha value is -1.32. The number of Topliss-reactive ketones (excluding diaryl/α,β-unsaturated/α-hetero) is 2. The van der Waals surface area contributed by atoms with E-state index < -0.39 is 0 Å². The molecular formula is C22H34N2O2. The van der Waals surface area contributed by atoms with E-state index in [0.29, 0.717) is 37.2 Å². The molecule has 4 nitrogen and oxygen atoms in total. The molecule has 2 atom stereocenters. The molecule has 3 rings (SSSR count). The maximum Gasteiger partial charge on any atom is 0.139 e. The van der Waals surface area contributed by atoms with E-state index in [9.17, 15) is 9.59 Å². The van der Waals surface area contributed by atoms with Crippen LogP contribution in [0, 0.1) is 10.8 Å². The van der Waals surface area contributed by atoms with E-state index in [1.165, 1.54) is 12.8 Å². The van der Waals surface area contributed by atoms with Crippen LogP contribution in [0.5, 0.6) is 0 Å². The molecule has 0 aromatic rings. The van der Waals surface area contributed by atoms with Crippen molar-refractivity contribution in [1.82, 2.24) is 0 Å². The quantitative estimate of drug-likeness (QED) is 0.716. The summed E-state index contributed by atoms with van der Waals surface area (Å²) in [6, 6.07) is 0.376. The van der Waals surface area contributed by atoms with Crippen LogP contribution in [0.3, 0.4) is 0 Å². The molecule has 0 N–H and O–H groups in total. The Morgan fingerprint density at radius 3 is 1.42 bits per heavy atom. The number of hydrogen-bond donors (Lipinski definition) is 0. The van der Waals surface area contributed by atoms with Gasteiger partial charge in [-0.2, -0.15) is 0 Å². The lowest BCUT2D eigenvalue weighted by Gasteiger charge is -2.34. The molecule has 0 radical (unpaired) electrons. The van der Waals surface area contributed by atoms with Crippen LogP contribution in [-0.2, 0) is 9.59 Å². The second-order valence-corrected chi connectivity index (χ2v) is 10.3. The summed E-state index contributed by atoms with van der Waals surface area (Å²) in [5, 5.41) is 0. The van der Waals surface area contributed by atoms with Crippen molar-refractivity contribution in [1.29, 1.82) is 0 Å². The van der Waals surface area contributed by atoms with Gasteiger partial charge in [0.05, 0.1) is 12.1 Å². The van der Waals surface area contributed by atoms with Gasteiger partial charge in [-0.25, -0.2) is 0 Å². The van der Waals surface area contributed by atoms with Crippen molar-refractivity contribution in [2.75, 3.05) is 0 Å². The first-order valence-corrected chi connectivity index (χ1v) is 10.3. The normalized spacial score (nSPS) is 35.1. The summed E-state index contributed by atoms with van der Waals surface area (Å²) in [5.41, 5.74) is 2.21. The molecule has 0 aliphatic heterocycles. The number of nitrogens with zero attached hydrogens (tertiary/aromatic N) is 2. The van der Waals surface area contributed by atoms with E-state index in [1.54, 1.807) is 0 Å². The van der Waals surface area contributed by atoms with Crippen LogP contribution >= 0.6 is 0 Å². The summed E-state index contributed by atoms with van der Waals surface area (Å²) < 4.78 is 0. The third-order valence-electron chi connectivity index (χ3n) is 5.91. The van der Waals surface area contributed by atoms with Crippen molar-refractivity contribution < 1.29 is 9.59 Å². The number of rotatable bonds is 2. The topological polar surface area (TPSA) is 58.9 Å². The van der Waals surface area contributed by atoms with E-state index >= 15 is 0 Å². The maximum atomic E-state index is 12.1. The first kappa shape index (κ1) is 19.4. The van der Waals surface area contributed by atoms with Gasteiger partial charge in [0.2, 0.25) is 0 Å². The van der Waals surface area contributed by atoms with Gasteiger partial charge in [-0.3, -0.25) is 19.6 Å². The highest BCUT2D eigenvalue weighted by molar-refractivity contribution is 6.05. The predicted molar refractivity (Wildman–Crippen MR) is 106 cm³/mol. The summed E-state index contributed by atoms with van der Waals surface area (Å²) in [4.78, 5) is 34.3. The predicted octanol–water partition coefficient (Wildman–Crippen LogP) is 4.74. The van der Waals surface area contributed by atoms with Crippen molar-refractivity contribution in [3.8, 4) is 0 Å². The zero-order chi connectivity index (χ0) is 18.9. The number of aliphatic imine (C=N–C) groups is 2. The first-order valence-electron chi connectivity index (χ1n) is 10.3. The fourth-order valence-electron chi connectivity index (χ4n) is 5.05. The molecule has 3 saturated carbocycles. The zero-order valence-electron chi connectivity index (χ0n) is 16.9. The molecule has 144 valence electrons. The second kappa shape index (κ2) is 7.36. The van der Waals surface area contributed by atoms with Crippen molar-refractivity contribution in [3.05, 3.63) is 0 Å². The zero-order valence-corrected chi connectivity index (χ0v) is 16.9. The van der Waals surface area contributed by atoms with Gasteiger partial charge in [-0.05, 0) is 36.5 Å². The van der Waals surface area contributed by atoms with Crippen molar-refractivity contribution >= 4 is 23.0 Å². The van der Waals surface area contributed by atoms with Gasteiger partial charge in [-0.15, -0.1) is 0 Å². The molecule has 0 spiro atoms. The average molecular weight is 359 g/mol. The van der Waals surface area contributed by atoms with Gasteiger partial charge in [0.15, 0.2) is 0 Å². The Morgan fingerprint density at radius 2 is 1.08 bits per heavy atom. The SMILES string of the molecule is CC1(C)CC(=O)CC(=N[C@H]2CCCC[C@@H]2N=C2CC(=O)CC(C)(C)C2)C1. The third-order valence-corrected chi connectivity index (χ3v) is 5.91. The van der Waals surface area contributed by atoms with Crippen LogP contribution in [-0.4, -0.2) is 35.1 Å². The fraction of sp³-hybridized carbons (Fsp3) is 0.818. The highest BCUT2D eigenvalue weighted by Crippen LogP contribution is 2.35. The van der Waals surface area contributed by atoms with E-state index in [1.807, 2.05) is 0 Å². The summed E-state index contributed by atoms with van der Waals surface area (Å²) in [5.74, 6) is 0.636. The molecule has 0 amide bonds. The van der Waals surface area contributed by atoms with Crippen LogP contribution < -0.4 is 0 Å². The minimum atomic E-state index is 0.0318. The maximum absolute atomic E-state index is 12.1. The summed E-state index contributed by atoms with van der Waals surface area (Å²) in [7, 11) is 0. The molecule has 4 heteroatoms. The van der Waals surface area contributed by atoms with Gasteiger partial charge in [0.1, 0.15) is 11.6 Å². The number of carbonyl (C=O) groups is 2. The summed E-state index contributed by atoms with van der Waals surface area (Å²) >= 11 is 0. The van der Waals surface area contributed by atoms with Gasteiger partial charge in [0.25, 0.3) is 0 Å². The van der Waals surface area contributed by atoms with Gasteiger partial charge in [-0.1, -0.05) is 40.5 Å². The summed E-state index contributed by atoms with van der Waals surface area (Å²) in [6.45, 7) is 8.64. The molecule has 0 aromatic carbocycles. The number of hydrogen-bond acceptors (Lipinski definition) is 4. The molecule has 0 bridgehead atoms. The largest absolute Gasteiger partial charge is 0.299 e. The molecule has 3 fully saturated rings. The standard InChI is InChI=1S/C22H34N2O2/c1-21(2)11-15(9-17(25)13-21)23-19-7-5-6-8-20(19)24-16-10-18(26)14-22(3,4)12-16/h19-20H,5-14H2,1-4H3/t19-,20-/m0/s1. The lowest BCUT2D eigenvalue weighted by Crippen LogP contribution is -2.35. The highest BCUT2D eigenvalue weighted by Gasteiger charge is 2.34. The lowest BCUT2D eigenvalue weighted by atomic mass is 9.75. The second-order valence-electron chi connectivity index (χ2n) is 10.3. The van der Waals surface area contributed by atoms with Crippen molar-refractivity contribution in [2.45, 2.75) is 104 Å². The lowest BCUT2D eigenvalue weighted by molar-refractivity contribution is -0.121. The molecule has 0 aromatic heterocycles. The molecule has 0 heterocycles. The monoisotopic (exact) mass is 358 g/mol. The van der Waals surface area contributed by atoms with E-state index in [4.69, 9.17) is 9.98 Å². The van der Waals surface area contributed by atoms with Crippen LogP contribution in [0.15, 0.2) is 9.98 Å². The van der Waals surface area contributed by atoms with Gasteiger partial charge in [0, 0.05) is 37.1 Å². The molecule has 3 aliphatic rings. The minimum Gasteiger partial charge on any atom is -0.299 e. The third kappa shape index (κ3) is 5.11. The van der Waals surface area contributed by atoms with Crippen LogP contribution in [0.4, 0.5) is 0 Å². The van der Waals surface area contributed by atoms with E-state index in [0.717, 1.165) is 37.1 Å². The molecule has 0 saturated heterocycles. The van der Waals surface area contributed by atoms with Crippen LogP contribution in [0.25, 0.3) is 0 Å². The number of carbonyl (C=O) groups excluding carboxylic acids is 2. The van der Waals surface area contributed by atoms with Crippen molar-refractivity contribution in [3.63, 3.8) is 0 Å². The van der Waals surface area contributed by atoms with Gasteiger partial charge >= 0.3 is 0 Å². The first-order chi connectivity index (χ1) is 12.1. The molecule has 3 aliphatic carbocycles. The molecular weight excluding hydrogens is 324 g/mol. The smallest absolute Gasteiger partial charge is 0.139 e. The van der Waals surface area contributed by atoms with Crippen LogP contribution in [0.1, 0.15) is 91.9 Å². The molecule has 26 heavy (non-hydrogen) atoms. The minimum absolute atomic E-state index is 0.0318. The van der Waals surface area contributed by atoms with Crippen molar-refractivity contribution in [2.24, 2.45) is 20.8 Å². The fourth-order valence-corrected chi connectivity index (χ4v) is 5.05. The highest BCUT2D eigenvalue weighted by atomic mass is 16.1. The number of ketones is 2. The Morgan fingerprint density at radius 1 is 0.692 bits per heavy atom. The Kier molecular flexibility index (Phi) is 5.50. The average Bonchev–Trinajstić information content (AvgIpc) is 2.45. The summed E-state index contributed by atoms with van der Waals surface area (Å²) in [6.07, 6.45) is 8.69.